The SMILES string of the molecule is Cc1ccnc(NC(C)(C)C(C)Cl)c1Br. The number of pyridine rings is 1. The molecule has 0 aliphatic carbocycles. The Morgan fingerprint density at radius 1 is 1.53 bits per heavy atom. The Morgan fingerprint density at radius 3 is 2.67 bits per heavy atom. The van der Waals surface area contributed by atoms with Crippen LogP contribution in [0, 0.1) is 6.92 Å². The molecule has 1 aromatic heterocycles. The molecule has 1 heterocycles. The lowest BCUT2D eigenvalue weighted by Gasteiger charge is -2.30. The monoisotopic (exact) mass is 290 g/mol. The summed E-state index contributed by atoms with van der Waals surface area (Å²) in [5.41, 5.74) is 0.968. The van der Waals surface area contributed by atoms with Gasteiger partial charge in [0.25, 0.3) is 0 Å². The molecule has 1 rings (SSSR count). The van der Waals surface area contributed by atoms with Gasteiger partial charge in [-0.25, -0.2) is 4.98 Å². The van der Waals surface area contributed by atoms with Gasteiger partial charge in [-0.2, -0.15) is 0 Å². The molecule has 1 aromatic rings. The number of halogens is 2. The molecule has 0 aliphatic heterocycles. The molecule has 1 unspecified atom stereocenters. The molecule has 0 aromatic carbocycles. The lowest BCUT2D eigenvalue weighted by Crippen LogP contribution is -2.39. The third-order valence-electron chi connectivity index (χ3n) is 2.52. The lowest BCUT2D eigenvalue weighted by atomic mass is 10.0. The maximum atomic E-state index is 6.11. The summed E-state index contributed by atoms with van der Waals surface area (Å²) < 4.78 is 0.996. The molecule has 1 N–H and O–H groups in total. The smallest absolute Gasteiger partial charge is 0.140 e. The second kappa shape index (κ2) is 4.71. The van der Waals surface area contributed by atoms with Crippen LogP contribution in [0.5, 0.6) is 0 Å². The van der Waals surface area contributed by atoms with Crippen molar-refractivity contribution in [2.45, 2.75) is 38.6 Å². The van der Waals surface area contributed by atoms with Crippen molar-refractivity contribution in [3.8, 4) is 0 Å². The van der Waals surface area contributed by atoms with Crippen LogP contribution >= 0.6 is 27.5 Å². The Kier molecular flexibility index (Phi) is 4.01. The van der Waals surface area contributed by atoms with E-state index in [0.717, 1.165) is 15.9 Å². The van der Waals surface area contributed by atoms with Crippen LogP contribution in [0.2, 0.25) is 0 Å². The minimum absolute atomic E-state index is 0.0201. The van der Waals surface area contributed by atoms with E-state index >= 15 is 0 Å². The first-order chi connectivity index (χ1) is 6.84. The zero-order valence-corrected chi connectivity index (χ0v) is 11.8. The van der Waals surface area contributed by atoms with E-state index in [0.29, 0.717) is 0 Å². The summed E-state index contributed by atoms with van der Waals surface area (Å²) in [5, 5.41) is 3.36. The van der Waals surface area contributed by atoms with Crippen molar-refractivity contribution >= 4 is 33.3 Å². The summed E-state index contributed by atoms with van der Waals surface area (Å²) in [7, 11) is 0. The van der Waals surface area contributed by atoms with Gasteiger partial charge in [0, 0.05) is 11.7 Å². The highest BCUT2D eigenvalue weighted by atomic mass is 79.9. The Morgan fingerprint density at radius 2 is 2.13 bits per heavy atom. The largest absolute Gasteiger partial charge is 0.363 e. The summed E-state index contributed by atoms with van der Waals surface area (Å²) in [6, 6.07) is 1.96. The molecule has 0 fully saturated rings. The zero-order valence-electron chi connectivity index (χ0n) is 9.44. The van der Waals surface area contributed by atoms with Crippen LogP contribution in [0.25, 0.3) is 0 Å². The Labute approximate surface area is 105 Å². The first kappa shape index (κ1) is 12.8. The maximum absolute atomic E-state index is 6.11. The highest BCUT2D eigenvalue weighted by molar-refractivity contribution is 9.10. The third-order valence-corrected chi connectivity index (χ3v) is 4.06. The molecule has 2 nitrogen and oxygen atoms in total. The van der Waals surface area contributed by atoms with Gasteiger partial charge in [0.2, 0.25) is 0 Å². The number of anilines is 1. The van der Waals surface area contributed by atoms with E-state index in [2.05, 4.69) is 40.1 Å². The van der Waals surface area contributed by atoms with Gasteiger partial charge in [0.15, 0.2) is 0 Å². The third kappa shape index (κ3) is 3.08. The van der Waals surface area contributed by atoms with Crippen LogP contribution in [0.15, 0.2) is 16.7 Å². The van der Waals surface area contributed by atoms with E-state index in [-0.39, 0.29) is 10.9 Å². The van der Waals surface area contributed by atoms with Gasteiger partial charge < -0.3 is 5.32 Å². The molecule has 0 amide bonds. The number of hydrogen-bond donors (Lipinski definition) is 1. The van der Waals surface area contributed by atoms with Crippen molar-refractivity contribution < 1.29 is 0 Å². The molecule has 4 heteroatoms. The van der Waals surface area contributed by atoms with E-state index in [1.165, 1.54) is 0 Å². The van der Waals surface area contributed by atoms with E-state index < -0.39 is 0 Å². The fourth-order valence-electron chi connectivity index (χ4n) is 1.03. The maximum Gasteiger partial charge on any atom is 0.140 e. The fourth-order valence-corrected chi connectivity index (χ4v) is 1.42. The number of alkyl halides is 1. The lowest BCUT2D eigenvalue weighted by molar-refractivity contribution is 0.552. The molecule has 0 bridgehead atoms. The van der Waals surface area contributed by atoms with Gasteiger partial charge in [-0.05, 0) is 55.3 Å². The number of nitrogens with one attached hydrogen (secondary N) is 1. The summed E-state index contributed by atoms with van der Waals surface area (Å²) in [6.45, 7) is 8.12. The number of rotatable bonds is 3. The molecule has 15 heavy (non-hydrogen) atoms. The van der Waals surface area contributed by atoms with E-state index in [9.17, 15) is 0 Å². The first-order valence-corrected chi connectivity index (χ1v) is 6.11. The van der Waals surface area contributed by atoms with Gasteiger partial charge in [-0.3, -0.25) is 0 Å². The van der Waals surface area contributed by atoms with Crippen LogP contribution in [-0.4, -0.2) is 15.9 Å². The second-order valence-electron chi connectivity index (χ2n) is 4.25. The number of nitrogens with zero attached hydrogens (tertiary/aromatic N) is 1. The fraction of sp³-hybridized carbons (Fsp3) is 0.545. The standard InChI is InChI=1S/C11H16BrClN2/c1-7-5-6-14-10(9(7)12)15-11(3,4)8(2)13/h5-6,8H,1-4H3,(H,14,15). The van der Waals surface area contributed by atoms with Crippen LogP contribution in [-0.2, 0) is 0 Å². The zero-order chi connectivity index (χ0) is 11.6. The van der Waals surface area contributed by atoms with Crippen LogP contribution in [0.3, 0.4) is 0 Å². The highest BCUT2D eigenvalue weighted by Crippen LogP contribution is 2.28. The van der Waals surface area contributed by atoms with Gasteiger partial charge in [0.1, 0.15) is 5.82 Å². The molecule has 0 spiro atoms. The minimum atomic E-state index is -0.190. The second-order valence-corrected chi connectivity index (χ2v) is 5.70. The number of hydrogen-bond acceptors (Lipinski definition) is 2. The van der Waals surface area contributed by atoms with Crippen molar-refractivity contribution in [3.05, 3.63) is 22.3 Å². The van der Waals surface area contributed by atoms with E-state index in [1.807, 2.05) is 19.9 Å². The summed E-state index contributed by atoms with van der Waals surface area (Å²) >= 11 is 9.62. The van der Waals surface area contributed by atoms with Crippen LogP contribution < -0.4 is 5.32 Å². The molecule has 84 valence electrons. The Hall–Kier alpha value is -0.280. The minimum Gasteiger partial charge on any atom is -0.363 e. The Bertz CT molecular complexity index is 350. The molecule has 0 aliphatic rings. The van der Waals surface area contributed by atoms with Gasteiger partial charge in [0.05, 0.1) is 9.85 Å². The van der Waals surface area contributed by atoms with Gasteiger partial charge in [-0.1, -0.05) is 0 Å². The topological polar surface area (TPSA) is 24.9 Å². The van der Waals surface area contributed by atoms with E-state index in [1.54, 1.807) is 6.20 Å². The number of aryl methyl sites for hydroxylation is 1. The molecular formula is C11H16BrClN2. The quantitative estimate of drug-likeness (QED) is 0.852. The average molecular weight is 292 g/mol. The van der Waals surface area contributed by atoms with Crippen molar-refractivity contribution in [2.75, 3.05) is 5.32 Å². The highest BCUT2D eigenvalue weighted by Gasteiger charge is 2.25. The first-order valence-electron chi connectivity index (χ1n) is 4.88. The predicted molar refractivity (Wildman–Crippen MR) is 69.7 cm³/mol. The normalized spacial score (nSPS) is 13.7. The average Bonchev–Trinajstić information content (AvgIpc) is 2.12. The Balaban J connectivity index is 2.95. The molecule has 1 atom stereocenters. The summed E-state index contributed by atoms with van der Waals surface area (Å²) in [6.07, 6.45) is 1.79. The number of aromatic nitrogens is 1. The molecule has 0 radical (unpaired) electrons. The van der Waals surface area contributed by atoms with E-state index in [4.69, 9.17) is 11.6 Å². The van der Waals surface area contributed by atoms with Crippen LogP contribution in [0.1, 0.15) is 26.3 Å². The van der Waals surface area contributed by atoms with Crippen molar-refractivity contribution in [1.82, 2.24) is 4.98 Å². The summed E-state index contributed by atoms with van der Waals surface area (Å²) in [4.78, 5) is 4.29. The molecular weight excluding hydrogens is 275 g/mol. The van der Waals surface area contributed by atoms with Crippen molar-refractivity contribution in [1.29, 1.82) is 0 Å². The summed E-state index contributed by atoms with van der Waals surface area (Å²) in [5.74, 6) is 0.840. The van der Waals surface area contributed by atoms with Crippen molar-refractivity contribution in [2.24, 2.45) is 0 Å². The molecule has 0 saturated carbocycles. The van der Waals surface area contributed by atoms with Gasteiger partial charge in [-0.15, -0.1) is 11.6 Å². The van der Waals surface area contributed by atoms with Crippen LogP contribution in [0.4, 0.5) is 5.82 Å². The predicted octanol–water partition coefficient (Wildman–Crippen LogP) is 3.97. The molecule has 0 saturated heterocycles. The van der Waals surface area contributed by atoms with Crippen molar-refractivity contribution in [3.63, 3.8) is 0 Å². The van der Waals surface area contributed by atoms with Gasteiger partial charge >= 0.3 is 0 Å².